The molecule has 4 rings (SSSR count). The first-order chi connectivity index (χ1) is 16.0. The van der Waals surface area contributed by atoms with E-state index in [0.717, 1.165) is 41.9 Å². The minimum Gasteiger partial charge on any atom is -0.379 e. The minimum absolute atomic E-state index is 0.0580. The summed E-state index contributed by atoms with van der Waals surface area (Å²) in [6.45, 7) is 3.27. The van der Waals surface area contributed by atoms with E-state index in [0.29, 0.717) is 37.5 Å². The highest BCUT2D eigenvalue weighted by Gasteiger charge is 2.31. The van der Waals surface area contributed by atoms with Crippen molar-refractivity contribution in [1.82, 2.24) is 9.88 Å². The highest BCUT2D eigenvalue weighted by molar-refractivity contribution is 7.91. The van der Waals surface area contributed by atoms with Gasteiger partial charge in [0.05, 0.1) is 28.4 Å². The minimum atomic E-state index is -4.51. The summed E-state index contributed by atoms with van der Waals surface area (Å²) in [4.78, 5) is 21.4. The van der Waals surface area contributed by atoms with E-state index < -0.39 is 27.5 Å². The number of carbonyl (C=O) groups excluding carboxylic acids is 1. The van der Waals surface area contributed by atoms with Crippen LogP contribution in [0.4, 0.5) is 18.3 Å². The Hall–Kier alpha value is -2.54. The number of carbonyl (C=O) groups is 1. The van der Waals surface area contributed by atoms with Gasteiger partial charge in [0.2, 0.25) is 0 Å². The number of rotatable bonds is 6. The lowest BCUT2D eigenvalue weighted by atomic mass is 10.1. The second-order valence-corrected chi connectivity index (χ2v) is 10.9. The third kappa shape index (κ3) is 5.40. The Morgan fingerprint density at radius 2 is 1.82 bits per heavy atom. The van der Waals surface area contributed by atoms with Crippen LogP contribution in [0.3, 0.4) is 0 Å². The first-order valence-corrected chi connectivity index (χ1v) is 13.1. The Labute approximate surface area is 198 Å². The van der Waals surface area contributed by atoms with Crippen molar-refractivity contribution in [2.24, 2.45) is 0 Å². The molecule has 2 aromatic carbocycles. The van der Waals surface area contributed by atoms with Crippen molar-refractivity contribution in [2.75, 3.05) is 50.5 Å². The van der Waals surface area contributed by atoms with E-state index in [9.17, 15) is 26.4 Å². The van der Waals surface area contributed by atoms with Gasteiger partial charge in [0, 0.05) is 38.0 Å². The Morgan fingerprint density at radius 1 is 1.15 bits per heavy atom. The summed E-state index contributed by atoms with van der Waals surface area (Å²) in [7, 11) is -3.55. The molecule has 0 spiro atoms. The van der Waals surface area contributed by atoms with Gasteiger partial charge in [-0.2, -0.15) is 13.2 Å². The molecular weight excluding hydrogens is 491 g/mol. The van der Waals surface area contributed by atoms with Crippen molar-refractivity contribution in [2.45, 2.75) is 11.1 Å². The number of amides is 1. The molecule has 1 aromatic heterocycles. The molecule has 7 nitrogen and oxygen atoms in total. The first kappa shape index (κ1) is 24.6. The number of benzene rings is 2. The van der Waals surface area contributed by atoms with Gasteiger partial charge in [0.15, 0.2) is 15.0 Å². The van der Waals surface area contributed by atoms with Gasteiger partial charge < -0.3 is 4.74 Å². The van der Waals surface area contributed by atoms with E-state index in [-0.39, 0.29) is 27.7 Å². The maximum Gasteiger partial charge on any atom is 0.416 e. The highest BCUT2D eigenvalue weighted by Crippen LogP contribution is 2.34. The molecule has 1 aliphatic rings. The topological polar surface area (TPSA) is 79.8 Å². The van der Waals surface area contributed by atoms with E-state index in [1.54, 1.807) is 12.1 Å². The van der Waals surface area contributed by atoms with Crippen LogP contribution in [0.1, 0.15) is 15.9 Å². The Morgan fingerprint density at radius 3 is 2.44 bits per heavy atom. The molecule has 0 aliphatic carbocycles. The van der Waals surface area contributed by atoms with Crippen molar-refractivity contribution >= 4 is 42.4 Å². The molecule has 0 unspecified atom stereocenters. The van der Waals surface area contributed by atoms with Gasteiger partial charge in [-0.1, -0.05) is 17.4 Å². The van der Waals surface area contributed by atoms with Crippen molar-refractivity contribution in [3.63, 3.8) is 0 Å². The zero-order valence-electron chi connectivity index (χ0n) is 18.2. The predicted octanol–water partition coefficient (Wildman–Crippen LogP) is 3.70. The summed E-state index contributed by atoms with van der Waals surface area (Å²) >= 11 is 1.16. The number of fused-ring (bicyclic) bond motifs is 1. The van der Waals surface area contributed by atoms with Gasteiger partial charge in [-0.15, -0.1) is 0 Å². The lowest BCUT2D eigenvalue weighted by molar-refractivity contribution is -0.137. The van der Waals surface area contributed by atoms with Gasteiger partial charge >= 0.3 is 6.18 Å². The van der Waals surface area contributed by atoms with Crippen LogP contribution in [-0.4, -0.2) is 69.9 Å². The number of hydrogen-bond acceptors (Lipinski definition) is 7. The highest BCUT2D eigenvalue weighted by atomic mass is 32.2. The first-order valence-electron chi connectivity index (χ1n) is 10.4. The van der Waals surface area contributed by atoms with Crippen LogP contribution in [0.25, 0.3) is 10.2 Å². The summed E-state index contributed by atoms with van der Waals surface area (Å²) in [5, 5.41) is 0.282. The Balaban J connectivity index is 1.70. The number of alkyl halides is 3. The van der Waals surface area contributed by atoms with E-state index in [1.165, 1.54) is 11.0 Å². The average Bonchev–Trinajstić information content (AvgIpc) is 3.22. The summed E-state index contributed by atoms with van der Waals surface area (Å²) in [6, 6.07) is 8.80. The largest absolute Gasteiger partial charge is 0.416 e. The zero-order valence-corrected chi connectivity index (χ0v) is 19.8. The van der Waals surface area contributed by atoms with Crippen LogP contribution < -0.4 is 4.90 Å². The van der Waals surface area contributed by atoms with Gasteiger partial charge in [0.1, 0.15) is 5.52 Å². The molecule has 12 heteroatoms. The van der Waals surface area contributed by atoms with Gasteiger partial charge in [-0.25, -0.2) is 13.4 Å². The number of morpholine rings is 1. The molecule has 2 heterocycles. The third-order valence-electron chi connectivity index (χ3n) is 5.45. The fourth-order valence-corrected chi connectivity index (χ4v) is 5.55. The average molecular weight is 514 g/mol. The molecule has 1 fully saturated rings. The standard InChI is InChI=1S/C22H22F3N3O4S2/c1-34(30,31)18-4-2-3-17-19(18)26-21(33-17)28(10-9-27-11-13-32-14-12-27)20(29)15-5-7-16(8-6-15)22(23,24)25/h2-8H,9-14H2,1H3. The van der Waals surface area contributed by atoms with Crippen molar-refractivity contribution in [3.05, 3.63) is 53.6 Å². The summed E-state index contributed by atoms with van der Waals surface area (Å²) in [5.41, 5.74) is -0.499. The zero-order chi connectivity index (χ0) is 24.5. The number of aromatic nitrogens is 1. The number of hydrogen-bond donors (Lipinski definition) is 0. The normalized spacial score (nSPS) is 15.5. The molecule has 1 aliphatic heterocycles. The molecule has 0 bridgehead atoms. The van der Waals surface area contributed by atoms with Crippen molar-refractivity contribution < 1.29 is 31.1 Å². The maximum atomic E-state index is 13.4. The number of halogens is 3. The number of ether oxygens (including phenoxy) is 1. The third-order valence-corrected chi connectivity index (χ3v) is 7.62. The van der Waals surface area contributed by atoms with E-state index >= 15 is 0 Å². The molecule has 1 saturated heterocycles. The number of nitrogens with zero attached hydrogens (tertiary/aromatic N) is 3. The maximum absolute atomic E-state index is 13.4. The lowest BCUT2D eigenvalue weighted by Gasteiger charge is -2.29. The molecule has 0 saturated carbocycles. The fourth-order valence-electron chi connectivity index (χ4n) is 3.63. The molecule has 0 atom stereocenters. The second kappa shape index (κ2) is 9.61. The number of sulfone groups is 1. The van der Waals surface area contributed by atoms with Crippen LogP contribution >= 0.6 is 11.3 Å². The molecule has 182 valence electrons. The van der Waals surface area contributed by atoms with Crippen LogP contribution in [0.2, 0.25) is 0 Å². The second-order valence-electron chi connectivity index (χ2n) is 7.86. The molecule has 0 N–H and O–H groups in total. The molecule has 34 heavy (non-hydrogen) atoms. The van der Waals surface area contributed by atoms with Gasteiger partial charge in [-0.05, 0) is 36.4 Å². The van der Waals surface area contributed by atoms with E-state index in [2.05, 4.69) is 9.88 Å². The van der Waals surface area contributed by atoms with Crippen LogP contribution in [-0.2, 0) is 20.8 Å². The van der Waals surface area contributed by atoms with Crippen LogP contribution in [0.5, 0.6) is 0 Å². The summed E-state index contributed by atoms with van der Waals surface area (Å²) in [5.74, 6) is -0.512. The summed E-state index contributed by atoms with van der Waals surface area (Å²) < 4.78 is 69.2. The number of anilines is 1. The summed E-state index contributed by atoms with van der Waals surface area (Å²) in [6.07, 6.45) is -3.42. The predicted molar refractivity (Wildman–Crippen MR) is 123 cm³/mol. The van der Waals surface area contributed by atoms with Crippen LogP contribution in [0, 0.1) is 0 Å². The van der Waals surface area contributed by atoms with E-state index in [1.807, 2.05) is 0 Å². The number of thiazole rings is 1. The fraction of sp³-hybridized carbons (Fsp3) is 0.364. The van der Waals surface area contributed by atoms with Gasteiger partial charge in [0.25, 0.3) is 5.91 Å². The SMILES string of the molecule is CS(=O)(=O)c1cccc2sc(N(CCN3CCOCC3)C(=O)c3ccc(C(F)(F)F)cc3)nc12. The van der Waals surface area contributed by atoms with E-state index in [4.69, 9.17) is 4.74 Å². The van der Waals surface area contributed by atoms with Crippen molar-refractivity contribution in [1.29, 1.82) is 0 Å². The Kier molecular flexibility index (Phi) is 6.94. The monoisotopic (exact) mass is 513 g/mol. The van der Waals surface area contributed by atoms with Crippen molar-refractivity contribution in [3.8, 4) is 0 Å². The molecule has 1 amide bonds. The van der Waals surface area contributed by atoms with Gasteiger partial charge in [-0.3, -0.25) is 14.6 Å². The Bertz CT molecular complexity index is 1280. The smallest absolute Gasteiger partial charge is 0.379 e. The molecule has 0 radical (unpaired) electrons. The molecule has 3 aromatic rings. The number of para-hydroxylation sites is 1. The quantitative estimate of drug-likeness (QED) is 0.500. The molecular formula is C22H22F3N3O4S2. The lowest BCUT2D eigenvalue weighted by Crippen LogP contribution is -2.43. The van der Waals surface area contributed by atoms with Crippen LogP contribution in [0.15, 0.2) is 47.4 Å².